The number of methoxy groups -OCH3 is 3. The van der Waals surface area contributed by atoms with Gasteiger partial charge in [-0.1, -0.05) is 45.1 Å². The Morgan fingerprint density at radius 2 is 1.36 bits per heavy atom. The molecule has 28 heavy (non-hydrogen) atoms. The van der Waals surface area contributed by atoms with Crippen molar-refractivity contribution in [3.8, 4) is 23.0 Å². The van der Waals surface area contributed by atoms with E-state index in [0.717, 1.165) is 16.9 Å². The molecule has 152 valence electrons. The maximum atomic E-state index is 6.41. The highest BCUT2D eigenvalue weighted by atomic mass is 28.4. The van der Waals surface area contributed by atoms with Crippen LogP contribution in [0.4, 0.5) is 0 Å². The molecule has 0 aliphatic carbocycles. The Balaban J connectivity index is 2.28. The number of rotatable bonds is 7. The minimum atomic E-state index is -1.86. The second-order valence-electron chi connectivity index (χ2n) is 8.23. The topological polar surface area (TPSA) is 36.9 Å². The quantitative estimate of drug-likeness (QED) is 0.406. The summed E-state index contributed by atoms with van der Waals surface area (Å²) >= 11 is 0. The maximum Gasteiger partial charge on any atom is 0.250 e. The van der Waals surface area contributed by atoms with Crippen molar-refractivity contribution in [1.29, 1.82) is 0 Å². The van der Waals surface area contributed by atoms with Crippen LogP contribution in [0.1, 0.15) is 31.9 Å². The lowest BCUT2D eigenvalue weighted by atomic mass is 10.1. The summed E-state index contributed by atoms with van der Waals surface area (Å²) in [5.41, 5.74) is 2.04. The molecule has 0 spiro atoms. The van der Waals surface area contributed by atoms with Gasteiger partial charge < -0.3 is 18.6 Å². The molecule has 0 saturated carbocycles. The Kier molecular flexibility index (Phi) is 6.83. The lowest BCUT2D eigenvalue weighted by Gasteiger charge is -2.36. The summed E-state index contributed by atoms with van der Waals surface area (Å²) in [4.78, 5) is 0. The van der Waals surface area contributed by atoms with Crippen molar-refractivity contribution in [2.24, 2.45) is 0 Å². The van der Waals surface area contributed by atoms with E-state index < -0.39 is 8.32 Å². The minimum Gasteiger partial charge on any atom is -0.543 e. The van der Waals surface area contributed by atoms with Gasteiger partial charge in [0.05, 0.1) is 21.3 Å². The van der Waals surface area contributed by atoms with Crippen LogP contribution in [-0.2, 0) is 0 Å². The third-order valence-corrected chi connectivity index (χ3v) is 9.55. The third-order valence-electron chi connectivity index (χ3n) is 5.19. The molecule has 5 heteroatoms. The molecule has 0 unspecified atom stereocenters. The lowest BCUT2D eigenvalue weighted by molar-refractivity contribution is 0.324. The first-order chi connectivity index (χ1) is 13.1. The van der Waals surface area contributed by atoms with E-state index in [0.29, 0.717) is 17.2 Å². The standard InChI is InChI=1S/C23H32O4Si/c1-23(2,3)28(7,8)27-19-11-9-10-17(14-19)12-13-18-15-20(24-4)22(26-6)21(16-18)25-5/h9-16H,1-8H3/b13-12+. The Morgan fingerprint density at radius 1 is 0.786 bits per heavy atom. The molecule has 0 atom stereocenters. The molecule has 2 rings (SSSR count). The number of hydrogen-bond donors (Lipinski definition) is 0. The normalized spacial score (nSPS) is 12.1. The van der Waals surface area contributed by atoms with Crippen LogP contribution in [0.3, 0.4) is 0 Å². The van der Waals surface area contributed by atoms with E-state index in [2.05, 4.69) is 52.1 Å². The van der Waals surface area contributed by atoms with Gasteiger partial charge in [-0.3, -0.25) is 0 Å². The number of ether oxygens (including phenoxy) is 3. The highest BCUT2D eigenvalue weighted by molar-refractivity contribution is 6.74. The SMILES string of the molecule is COc1cc(/C=C/c2cccc(O[Si](C)(C)C(C)(C)C)c2)cc(OC)c1OC. The molecule has 0 radical (unpaired) electrons. The largest absolute Gasteiger partial charge is 0.543 e. The lowest BCUT2D eigenvalue weighted by Crippen LogP contribution is -2.43. The predicted octanol–water partition coefficient (Wildman–Crippen LogP) is 6.27. The van der Waals surface area contributed by atoms with E-state index >= 15 is 0 Å². The number of benzene rings is 2. The van der Waals surface area contributed by atoms with Crippen LogP contribution in [0, 0.1) is 0 Å². The van der Waals surface area contributed by atoms with E-state index in [1.807, 2.05) is 30.3 Å². The fraction of sp³-hybridized carbons (Fsp3) is 0.391. The second kappa shape index (κ2) is 8.74. The highest BCUT2D eigenvalue weighted by Crippen LogP contribution is 2.39. The molecule has 0 fully saturated rings. The average Bonchev–Trinajstić information content (AvgIpc) is 2.64. The molecular weight excluding hydrogens is 368 g/mol. The molecular formula is C23H32O4Si. The van der Waals surface area contributed by atoms with Gasteiger partial charge in [-0.2, -0.15) is 0 Å². The predicted molar refractivity (Wildman–Crippen MR) is 119 cm³/mol. The first kappa shape index (κ1) is 21.9. The molecule has 0 N–H and O–H groups in total. The van der Waals surface area contributed by atoms with Gasteiger partial charge in [-0.05, 0) is 53.5 Å². The molecule has 2 aromatic rings. The first-order valence-corrected chi connectivity index (χ1v) is 12.3. The molecule has 0 bridgehead atoms. The van der Waals surface area contributed by atoms with E-state index in [9.17, 15) is 0 Å². The second-order valence-corrected chi connectivity index (χ2v) is 13.0. The fourth-order valence-electron chi connectivity index (χ4n) is 2.52. The maximum absolute atomic E-state index is 6.41. The van der Waals surface area contributed by atoms with Crippen LogP contribution in [-0.4, -0.2) is 29.6 Å². The van der Waals surface area contributed by atoms with E-state index in [1.54, 1.807) is 21.3 Å². The monoisotopic (exact) mass is 400 g/mol. The molecule has 2 aromatic carbocycles. The zero-order valence-electron chi connectivity index (χ0n) is 18.3. The molecule has 0 amide bonds. The summed E-state index contributed by atoms with van der Waals surface area (Å²) in [7, 11) is 2.97. The van der Waals surface area contributed by atoms with Crippen LogP contribution < -0.4 is 18.6 Å². The average molecular weight is 401 g/mol. The van der Waals surface area contributed by atoms with Crippen LogP contribution in [0.5, 0.6) is 23.0 Å². The van der Waals surface area contributed by atoms with Gasteiger partial charge in [0.15, 0.2) is 11.5 Å². The fourth-order valence-corrected chi connectivity index (χ4v) is 3.54. The smallest absolute Gasteiger partial charge is 0.250 e. The van der Waals surface area contributed by atoms with Gasteiger partial charge in [0.1, 0.15) is 5.75 Å². The summed E-state index contributed by atoms with van der Waals surface area (Å²) in [6.45, 7) is 11.2. The van der Waals surface area contributed by atoms with Crippen molar-refractivity contribution in [1.82, 2.24) is 0 Å². The Labute approximate surface area is 170 Å². The molecule has 0 heterocycles. The van der Waals surface area contributed by atoms with Crippen molar-refractivity contribution in [3.63, 3.8) is 0 Å². The van der Waals surface area contributed by atoms with E-state index in [-0.39, 0.29) is 5.04 Å². The van der Waals surface area contributed by atoms with Gasteiger partial charge in [0.25, 0.3) is 0 Å². The van der Waals surface area contributed by atoms with E-state index in [1.165, 1.54) is 0 Å². The first-order valence-electron chi connectivity index (χ1n) is 9.38. The van der Waals surface area contributed by atoms with Gasteiger partial charge in [-0.15, -0.1) is 0 Å². The zero-order chi connectivity index (χ0) is 20.9. The number of hydrogen-bond acceptors (Lipinski definition) is 4. The van der Waals surface area contributed by atoms with Crippen molar-refractivity contribution >= 4 is 20.5 Å². The Morgan fingerprint density at radius 3 is 1.86 bits per heavy atom. The van der Waals surface area contributed by atoms with Crippen LogP contribution in [0.25, 0.3) is 12.2 Å². The van der Waals surface area contributed by atoms with Crippen LogP contribution >= 0.6 is 0 Å². The molecule has 0 aromatic heterocycles. The van der Waals surface area contributed by atoms with Gasteiger partial charge in [0, 0.05) is 0 Å². The highest BCUT2D eigenvalue weighted by Gasteiger charge is 2.38. The minimum absolute atomic E-state index is 0.162. The Hall–Kier alpha value is -2.40. The van der Waals surface area contributed by atoms with Gasteiger partial charge in [-0.25, -0.2) is 0 Å². The third kappa shape index (κ3) is 5.10. The van der Waals surface area contributed by atoms with Crippen molar-refractivity contribution in [3.05, 3.63) is 47.5 Å². The summed E-state index contributed by atoms with van der Waals surface area (Å²) in [5.74, 6) is 2.78. The Bertz CT molecular complexity index is 810. The van der Waals surface area contributed by atoms with Crippen LogP contribution in [0.2, 0.25) is 18.1 Å². The van der Waals surface area contributed by atoms with E-state index in [4.69, 9.17) is 18.6 Å². The molecule has 0 aliphatic rings. The summed E-state index contributed by atoms with van der Waals surface area (Å²) in [5, 5.41) is 0.162. The molecule has 4 nitrogen and oxygen atoms in total. The molecule has 0 saturated heterocycles. The summed E-state index contributed by atoms with van der Waals surface area (Å²) in [6, 6.07) is 12.0. The molecule has 0 aliphatic heterocycles. The zero-order valence-corrected chi connectivity index (χ0v) is 19.3. The van der Waals surface area contributed by atoms with Crippen LogP contribution in [0.15, 0.2) is 36.4 Å². The van der Waals surface area contributed by atoms with Crippen molar-refractivity contribution in [2.75, 3.05) is 21.3 Å². The summed E-state index contributed by atoms with van der Waals surface area (Å²) < 4.78 is 22.6. The van der Waals surface area contributed by atoms with Gasteiger partial charge >= 0.3 is 0 Å². The van der Waals surface area contributed by atoms with Gasteiger partial charge in [0.2, 0.25) is 14.1 Å². The summed E-state index contributed by atoms with van der Waals surface area (Å²) in [6.07, 6.45) is 4.08. The van der Waals surface area contributed by atoms with Crippen molar-refractivity contribution < 1.29 is 18.6 Å². The van der Waals surface area contributed by atoms with Crippen molar-refractivity contribution in [2.45, 2.75) is 38.9 Å².